The van der Waals surface area contributed by atoms with Crippen LogP contribution in [0.25, 0.3) is 0 Å². The van der Waals surface area contributed by atoms with E-state index in [1.54, 1.807) is 30.1 Å². The second kappa shape index (κ2) is 8.25. The van der Waals surface area contributed by atoms with Gasteiger partial charge in [-0.05, 0) is 28.8 Å². The second-order valence-electron chi connectivity index (χ2n) is 6.98. The number of benzene rings is 2. The number of nitrogens with zero attached hydrogens (tertiary/aromatic N) is 3. The lowest BCUT2D eigenvalue weighted by Gasteiger charge is -2.19. The molecule has 4 rings (SSSR count). The molecule has 2 aromatic carbocycles. The summed E-state index contributed by atoms with van der Waals surface area (Å²) in [7, 11) is 1.60. The van der Waals surface area contributed by atoms with Gasteiger partial charge in [0.05, 0.1) is 19.8 Å². The van der Waals surface area contributed by atoms with Gasteiger partial charge in [-0.2, -0.15) is 5.26 Å². The Morgan fingerprint density at radius 3 is 2.69 bits per heavy atom. The van der Waals surface area contributed by atoms with Crippen LogP contribution < -0.4 is 14.8 Å². The lowest BCUT2D eigenvalue weighted by molar-refractivity contribution is 0.155. The zero-order valence-corrected chi connectivity index (χ0v) is 16.1. The summed E-state index contributed by atoms with van der Waals surface area (Å²) in [5, 5.41) is 22.0. The van der Waals surface area contributed by atoms with E-state index in [1.165, 1.54) is 11.1 Å². The molecule has 1 unspecified atom stereocenters. The summed E-state index contributed by atoms with van der Waals surface area (Å²) in [6.45, 7) is 0.255. The normalized spacial score (nSPS) is 14.1. The molecule has 0 saturated heterocycles. The summed E-state index contributed by atoms with van der Waals surface area (Å²) in [5.74, 6) is 1.63. The molecule has 0 spiro atoms. The van der Waals surface area contributed by atoms with E-state index in [0.29, 0.717) is 23.0 Å². The number of aliphatic hydroxyl groups is 1. The maximum atomic E-state index is 10.7. The number of imidazole rings is 1. The number of methoxy groups -OCH3 is 1. The fourth-order valence-electron chi connectivity index (χ4n) is 3.70. The van der Waals surface area contributed by atoms with Crippen LogP contribution in [-0.2, 0) is 19.4 Å². The summed E-state index contributed by atoms with van der Waals surface area (Å²) in [4.78, 5) is 4.06. The summed E-state index contributed by atoms with van der Waals surface area (Å²) >= 11 is 0. The van der Waals surface area contributed by atoms with Gasteiger partial charge in [0.1, 0.15) is 6.10 Å². The lowest BCUT2D eigenvalue weighted by Crippen LogP contribution is -2.17. The zero-order valence-electron chi connectivity index (χ0n) is 16.1. The predicted octanol–water partition coefficient (Wildman–Crippen LogP) is 3.06. The molecule has 1 atom stereocenters. The van der Waals surface area contributed by atoms with E-state index in [1.807, 2.05) is 30.5 Å². The molecular weight excluding hydrogens is 368 g/mol. The zero-order chi connectivity index (χ0) is 20.2. The molecule has 148 valence electrons. The monoisotopic (exact) mass is 390 g/mol. The molecule has 7 heteroatoms. The highest BCUT2D eigenvalue weighted by Gasteiger charge is 2.24. The molecule has 0 bridgehead atoms. The van der Waals surface area contributed by atoms with Crippen molar-refractivity contribution in [3.8, 4) is 17.7 Å². The van der Waals surface area contributed by atoms with Crippen LogP contribution in [0.4, 0.5) is 5.95 Å². The molecule has 3 aromatic rings. The first kappa shape index (κ1) is 18.8. The molecule has 0 fully saturated rings. The molecule has 0 amide bonds. The third-order valence-electron chi connectivity index (χ3n) is 5.13. The molecule has 1 aliphatic rings. The van der Waals surface area contributed by atoms with Gasteiger partial charge in [0.2, 0.25) is 5.95 Å². The van der Waals surface area contributed by atoms with Gasteiger partial charge in [-0.25, -0.2) is 4.98 Å². The first-order valence-corrected chi connectivity index (χ1v) is 9.43. The summed E-state index contributed by atoms with van der Waals surface area (Å²) in [6, 6.07) is 13.8. The van der Waals surface area contributed by atoms with Crippen molar-refractivity contribution in [2.45, 2.75) is 31.6 Å². The molecule has 0 radical (unpaired) electrons. The van der Waals surface area contributed by atoms with Crippen LogP contribution in [0.1, 0.15) is 22.8 Å². The number of ether oxygens (including phenoxy) is 2. The van der Waals surface area contributed by atoms with E-state index < -0.39 is 6.10 Å². The maximum Gasteiger partial charge on any atom is 0.216 e. The van der Waals surface area contributed by atoms with Crippen LogP contribution in [0, 0.1) is 11.5 Å². The average molecular weight is 390 g/mol. The Morgan fingerprint density at radius 2 is 2.00 bits per heavy atom. The number of rotatable bonds is 7. The van der Waals surface area contributed by atoms with Gasteiger partial charge < -0.3 is 19.1 Å². The van der Waals surface area contributed by atoms with Crippen LogP contribution in [0.3, 0.4) is 0 Å². The van der Waals surface area contributed by atoms with E-state index in [4.69, 9.17) is 14.7 Å². The van der Waals surface area contributed by atoms with Gasteiger partial charge in [-0.3, -0.25) is 5.32 Å². The second-order valence-corrected chi connectivity index (χ2v) is 6.98. The van der Waals surface area contributed by atoms with Crippen LogP contribution in [0.2, 0.25) is 0 Å². The fraction of sp³-hybridized carbons (Fsp3) is 0.273. The summed E-state index contributed by atoms with van der Waals surface area (Å²) in [5.41, 5.74) is 3.32. The summed E-state index contributed by atoms with van der Waals surface area (Å²) in [6.07, 6.45) is 6.07. The van der Waals surface area contributed by atoms with Gasteiger partial charge in [-0.15, -0.1) is 0 Å². The predicted molar refractivity (Wildman–Crippen MR) is 108 cm³/mol. The molecule has 29 heavy (non-hydrogen) atoms. The Morgan fingerprint density at radius 1 is 1.24 bits per heavy atom. The van der Waals surface area contributed by atoms with Crippen molar-refractivity contribution in [3.63, 3.8) is 0 Å². The third-order valence-corrected chi connectivity index (χ3v) is 5.13. The number of fused-ring (bicyclic) bond motifs is 1. The van der Waals surface area contributed by atoms with Crippen molar-refractivity contribution in [1.29, 1.82) is 5.26 Å². The van der Waals surface area contributed by atoms with Gasteiger partial charge in [0, 0.05) is 25.2 Å². The number of aliphatic hydroxyl groups excluding tert-OH is 1. The molecule has 7 nitrogen and oxygen atoms in total. The Kier molecular flexibility index (Phi) is 5.36. The molecule has 1 heterocycles. The minimum atomic E-state index is -0.794. The number of anilines is 1. The standard InChI is InChI=1S/C22H22N4O3/c1-28-20-7-6-17(19(27)13-26-9-8-24-22(26)25-14-23)12-21(20)29-18-10-15-4-2-3-5-16(15)11-18/h2-9,12,18-19,27H,10-11,13H2,1H3,(H,24,25). The van der Waals surface area contributed by atoms with Crippen molar-refractivity contribution < 1.29 is 14.6 Å². The van der Waals surface area contributed by atoms with Crippen molar-refractivity contribution in [2.75, 3.05) is 12.4 Å². The lowest BCUT2D eigenvalue weighted by atomic mass is 10.1. The molecule has 1 aromatic heterocycles. The van der Waals surface area contributed by atoms with Crippen LogP contribution in [-0.4, -0.2) is 27.9 Å². The maximum absolute atomic E-state index is 10.7. The highest BCUT2D eigenvalue weighted by atomic mass is 16.5. The molecule has 2 N–H and O–H groups in total. The van der Waals surface area contributed by atoms with Gasteiger partial charge in [0.15, 0.2) is 17.7 Å². The Balaban J connectivity index is 1.51. The van der Waals surface area contributed by atoms with Gasteiger partial charge in [-0.1, -0.05) is 30.3 Å². The smallest absolute Gasteiger partial charge is 0.216 e. The van der Waals surface area contributed by atoms with Gasteiger partial charge >= 0.3 is 0 Å². The molecule has 0 aliphatic heterocycles. The van der Waals surface area contributed by atoms with Crippen LogP contribution in [0.15, 0.2) is 54.9 Å². The SMILES string of the molecule is COc1ccc(C(O)Cn2ccnc2NC#N)cc1OC1Cc2ccccc2C1. The average Bonchev–Trinajstić information content (AvgIpc) is 3.34. The topological polar surface area (TPSA) is 92.3 Å². The van der Waals surface area contributed by atoms with E-state index in [0.717, 1.165) is 12.8 Å². The third kappa shape index (κ3) is 4.03. The molecule has 1 aliphatic carbocycles. The minimum absolute atomic E-state index is 0.0359. The number of nitrogens with one attached hydrogen (secondary N) is 1. The highest BCUT2D eigenvalue weighted by Crippen LogP contribution is 2.34. The Labute approximate surface area is 169 Å². The van der Waals surface area contributed by atoms with Crippen molar-refractivity contribution in [2.24, 2.45) is 0 Å². The van der Waals surface area contributed by atoms with Gasteiger partial charge in [0.25, 0.3) is 0 Å². The van der Waals surface area contributed by atoms with Crippen molar-refractivity contribution in [3.05, 3.63) is 71.5 Å². The minimum Gasteiger partial charge on any atom is -0.493 e. The quantitative estimate of drug-likeness (QED) is 0.476. The largest absolute Gasteiger partial charge is 0.493 e. The van der Waals surface area contributed by atoms with Crippen molar-refractivity contribution in [1.82, 2.24) is 9.55 Å². The number of aromatic nitrogens is 2. The van der Waals surface area contributed by atoms with Crippen LogP contribution in [0.5, 0.6) is 11.5 Å². The number of hydrogen-bond acceptors (Lipinski definition) is 6. The van der Waals surface area contributed by atoms with Crippen molar-refractivity contribution >= 4 is 5.95 Å². The van der Waals surface area contributed by atoms with Crippen LogP contribution >= 0.6 is 0 Å². The fourth-order valence-corrected chi connectivity index (χ4v) is 3.70. The van der Waals surface area contributed by atoms with E-state index in [9.17, 15) is 5.11 Å². The van der Waals surface area contributed by atoms with E-state index in [-0.39, 0.29) is 12.6 Å². The molecule has 0 saturated carbocycles. The highest BCUT2D eigenvalue weighted by molar-refractivity contribution is 5.44. The molecular formula is C22H22N4O3. The Hall–Kier alpha value is -3.50. The first-order chi connectivity index (χ1) is 14.2. The number of hydrogen-bond donors (Lipinski definition) is 2. The van der Waals surface area contributed by atoms with E-state index >= 15 is 0 Å². The summed E-state index contributed by atoms with van der Waals surface area (Å²) < 4.78 is 13.4. The number of nitriles is 1. The first-order valence-electron chi connectivity index (χ1n) is 9.43. The Bertz CT molecular complexity index is 1020. The van der Waals surface area contributed by atoms with E-state index in [2.05, 4.69) is 22.4 Å².